The summed E-state index contributed by atoms with van der Waals surface area (Å²) in [6, 6.07) is 8.68. The van der Waals surface area contributed by atoms with Gasteiger partial charge in [0.05, 0.1) is 32.2 Å². The Bertz CT molecular complexity index is 535. The highest BCUT2D eigenvalue weighted by Gasteiger charge is 2.31. The van der Waals surface area contributed by atoms with E-state index >= 15 is 0 Å². The standard InChI is InChI=1S/C20H30N2O2/c1-16-6-8-19(9-7-16)24-15-20(23)22-12-10-21(11-13-22)18-5-3-4-17(2)14-18/h6-9,17-18H,3-5,10-15H2,1-2H3/p+1/t17-,18+/m0/s1. The Labute approximate surface area is 145 Å². The Morgan fingerprint density at radius 1 is 1.21 bits per heavy atom. The average molecular weight is 331 g/mol. The lowest BCUT2D eigenvalue weighted by Crippen LogP contribution is -3.18. The number of quaternary nitrogens is 1. The van der Waals surface area contributed by atoms with E-state index in [2.05, 4.69) is 6.92 Å². The van der Waals surface area contributed by atoms with Crippen molar-refractivity contribution in [2.24, 2.45) is 5.92 Å². The predicted molar refractivity (Wildman–Crippen MR) is 95.4 cm³/mol. The van der Waals surface area contributed by atoms with Gasteiger partial charge in [-0.15, -0.1) is 0 Å². The van der Waals surface area contributed by atoms with Crippen LogP contribution in [0.25, 0.3) is 0 Å². The summed E-state index contributed by atoms with van der Waals surface area (Å²) in [6.07, 6.45) is 5.50. The number of carbonyl (C=O) groups is 1. The van der Waals surface area contributed by atoms with Crippen LogP contribution in [-0.4, -0.2) is 49.6 Å². The number of hydrogen-bond donors (Lipinski definition) is 1. The highest BCUT2D eigenvalue weighted by atomic mass is 16.5. The Hall–Kier alpha value is -1.55. The zero-order valence-electron chi connectivity index (χ0n) is 15.1. The molecule has 2 atom stereocenters. The Morgan fingerprint density at radius 3 is 2.58 bits per heavy atom. The van der Waals surface area contributed by atoms with Crippen LogP contribution in [0.15, 0.2) is 24.3 Å². The van der Waals surface area contributed by atoms with E-state index in [1.165, 1.54) is 31.2 Å². The van der Waals surface area contributed by atoms with Crippen LogP contribution in [0.5, 0.6) is 5.75 Å². The topological polar surface area (TPSA) is 34.0 Å². The summed E-state index contributed by atoms with van der Waals surface area (Å²) in [5.74, 6) is 1.76. The summed E-state index contributed by atoms with van der Waals surface area (Å²) in [4.78, 5) is 16.1. The number of ether oxygens (including phenoxy) is 1. The maximum atomic E-state index is 12.4. The quantitative estimate of drug-likeness (QED) is 0.911. The number of carbonyl (C=O) groups excluding carboxylic acids is 1. The predicted octanol–water partition coefficient (Wildman–Crippen LogP) is 1.68. The number of aryl methyl sites for hydroxylation is 1. The molecular formula is C20H31N2O2+. The Kier molecular flexibility index (Phi) is 5.77. The number of piperazine rings is 1. The maximum Gasteiger partial charge on any atom is 0.260 e. The van der Waals surface area contributed by atoms with Gasteiger partial charge in [0.1, 0.15) is 5.75 Å². The fourth-order valence-electron chi connectivity index (χ4n) is 4.13. The maximum absolute atomic E-state index is 12.4. The SMILES string of the molecule is Cc1ccc(OCC(=O)N2CC[NH+]([C@@H]3CCC[C@H](C)C3)CC2)cc1. The molecule has 1 heterocycles. The lowest BCUT2D eigenvalue weighted by molar-refractivity contribution is -0.930. The van der Waals surface area contributed by atoms with Gasteiger partial charge in [0, 0.05) is 6.42 Å². The van der Waals surface area contributed by atoms with Crippen LogP contribution in [0.2, 0.25) is 0 Å². The van der Waals surface area contributed by atoms with Crippen molar-refractivity contribution in [3.63, 3.8) is 0 Å². The lowest BCUT2D eigenvalue weighted by Gasteiger charge is -2.39. The van der Waals surface area contributed by atoms with Crippen molar-refractivity contribution >= 4 is 5.91 Å². The minimum Gasteiger partial charge on any atom is -0.484 e. The van der Waals surface area contributed by atoms with Crippen molar-refractivity contribution in [2.45, 2.75) is 45.6 Å². The van der Waals surface area contributed by atoms with E-state index in [4.69, 9.17) is 4.74 Å². The van der Waals surface area contributed by atoms with Crippen molar-refractivity contribution in [1.29, 1.82) is 0 Å². The molecule has 132 valence electrons. The largest absolute Gasteiger partial charge is 0.484 e. The van der Waals surface area contributed by atoms with Gasteiger partial charge in [0.15, 0.2) is 6.61 Å². The molecule has 0 bridgehead atoms. The second-order valence-electron chi connectivity index (χ2n) is 7.61. The van der Waals surface area contributed by atoms with Gasteiger partial charge in [-0.1, -0.05) is 31.0 Å². The fourth-order valence-corrected chi connectivity index (χ4v) is 4.13. The molecule has 1 aromatic carbocycles. The number of benzene rings is 1. The fraction of sp³-hybridized carbons (Fsp3) is 0.650. The van der Waals surface area contributed by atoms with Gasteiger partial charge >= 0.3 is 0 Å². The van der Waals surface area contributed by atoms with E-state index < -0.39 is 0 Å². The molecule has 0 aromatic heterocycles. The number of hydrogen-bond acceptors (Lipinski definition) is 2. The molecule has 2 aliphatic rings. The third-order valence-corrected chi connectivity index (χ3v) is 5.66. The van der Waals surface area contributed by atoms with Crippen LogP contribution in [0.1, 0.15) is 38.2 Å². The summed E-state index contributed by atoms with van der Waals surface area (Å²) >= 11 is 0. The van der Waals surface area contributed by atoms with Crippen LogP contribution in [0.3, 0.4) is 0 Å². The van der Waals surface area contributed by atoms with Gasteiger partial charge in [-0.2, -0.15) is 0 Å². The van der Waals surface area contributed by atoms with Crippen molar-refractivity contribution in [2.75, 3.05) is 32.8 Å². The number of nitrogens with zero attached hydrogens (tertiary/aromatic N) is 1. The second-order valence-corrected chi connectivity index (χ2v) is 7.61. The van der Waals surface area contributed by atoms with E-state index in [-0.39, 0.29) is 12.5 Å². The highest BCUT2D eigenvalue weighted by Crippen LogP contribution is 2.22. The molecule has 0 unspecified atom stereocenters. The number of nitrogens with one attached hydrogen (secondary N) is 1. The van der Waals surface area contributed by atoms with Gasteiger partial charge in [0.25, 0.3) is 5.91 Å². The molecule has 1 N–H and O–H groups in total. The van der Waals surface area contributed by atoms with E-state index in [1.54, 1.807) is 4.90 Å². The Morgan fingerprint density at radius 2 is 1.92 bits per heavy atom. The molecule has 1 saturated heterocycles. The molecule has 1 amide bonds. The molecule has 0 radical (unpaired) electrons. The summed E-state index contributed by atoms with van der Waals surface area (Å²) < 4.78 is 5.64. The zero-order valence-corrected chi connectivity index (χ0v) is 15.1. The molecule has 1 aliphatic carbocycles. The van der Waals surface area contributed by atoms with Gasteiger partial charge < -0.3 is 14.5 Å². The van der Waals surface area contributed by atoms with Crippen molar-refractivity contribution < 1.29 is 14.4 Å². The first kappa shape index (κ1) is 17.3. The first-order chi connectivity index (χ1) is 11.6. The van der Waals surface area contributed by atoms with Crippen LogP contribution < -0.4 is 9.64 Å². The van der Waals surface area contributed by atoms with E-state index in [9.17, 15) is 4.79 Å². The summed E-state index contributed by atoms with van der Waals surface area (Å²) in [6.45, 7) is 8.50. The minimum absolute atomic E-state index is 0.117. The third kappa shape index (κ3) is 4.50. The van der Waals surface area contributed by atoms with E-state index in [1.807, 2.05) is 36.1 Å². The molecular weight excluding hydrogens is 300 g/mol. The van der Waals surface area contributed by atoms with Crippen LogP contribution in [-0.2, 0) is 4.79 Å². The second kappa shape index (κ2) is 8.02. The third-order valence-electron chi connectivity index (χ3n) is 5.66. The number of rotatable bonds is 4. The molecule has 4 heteroatoms. The molecule has 3 rings (SSSR count). The molecule has 1 aromatic rings. The normalized spacial score (nSPS) is 25.5. The van der Waals surface area contributed by atoms with Gasteiger partial charge in [-0.3, -0.25) is 4.79 Å². The monoisotopic (exact) mass is 331 g/mol. The lowest BCUT2D eigenvalue weighted by atomic mass is 9.86. The molecule has 4 nitrogen and oxygen atoms in total. The van der Waals surface area contributed by atoms with Gasteiger partial charge in [-0.25, -0.2) is 0 Å². The Balaban J connectivity index is 1.42. The summed E-state index contributed by atoms with van der Waals surface area (Å²) in [7, 11) is 0. The molecule has 0 spiro atoms. The summed E-state index contributed by atoms with van der Waals surface area (Å²) in [5.41, 5.74) is 1.20. The van der Waals surface area contributed by atoms with Crippen LogP contribution >= 0.6 is 0 Å². The van der Waals surface area contributed by atoms with Crippen molar-refractivity contribution in [3.05, 3.63) is 29.8 Å². The van der Waals surface area contributed by atoms with E-state index in [0.717, 1.165) is 43.9 Å². The molecule has 1 saturated carbocycles. The first-order valence-electron chi connectivity index (χ1n) is 9.43. The highest BCUT2D eigenvalue weighted by molar-refractivity contribution is 5.77. The zero-order chi connectivity index (χ0) is 16.9. The first-order valence-corrected chi connectivity index (χ1v) is 9.43. The molecule has 24 heavy (non-hydrogen) atoms. The minimum atomic E-state index is 0.117. The van der Waals surface area contributed by atoms with E-state index in [0.29, 0.717) is 0 Å². The van der Waals surface area contributed by atoms with Gasteiger partial charge in [-0.05, 0) is 37.8 Å². The number of amides is 1. The average Bonchev–Trinajstić information content (AvgIpc) is 2.61. The van der Waals surface area contributed by atoms with Crippen LogP contribution in [0.4, 0.5) is 0 Å². The molecule has 2 fully saturated rings. The van der Waals surface area contributed by atoms with Crippen LogP contribution in [0, 0.1) is 12.8 Å². The molecule has 1 aliphatic heterocycles. The van der Waals surface area contributed by atoms with Crippen molar-refractivity contribution in [1.82, 2.24) is 4.90 Å². The smallest absolute Gasteiger partial charge is 0.260 e. The van der Waals surface area contributed by atoms with Gasteiger partial charge in [0.2, 0.25) is 0 Å². The summed E-state index contributed by atoms with van der Waals surface area (Å²) in [5, 5.41) is 0. The van der Waals surface area contributed by atoms with Crippen molar-refractivity contribution in [3.8, 4) is 5.75 Å².